The molecule has 120 valence electrons. The predicted octanol–water partition coefficient (Wildman–Crippen LogP) is 5.61. The van der Waals surface area contributed by atoms with Gasteiger partial charge in [0.05, 0.1) is 5.56 Å². The lowest BCUT2D eigenvalue weighted by molar-refractivity contribution is -0.137. The van der Waals surface area contributed by atoms with Crippen molar-refractivity contribution in [3.63, 3.8) is 0 Å². The summed E-state index contributed by atoms with van der Waals surface area (Å²) in [5.74, 6) is 5.18. The Hall–Kier alpha value is -2.41. The minimum absolute atomic E-state index is 0.0416. The SMILES string of the molecule is CC#Cc1ccc(OC(CC)c2ccccc2)cc1C(F)(F)F. The topological polar surface area (TPSA) is 9.23 Å². The Morgan fingerprint density at radius 2 is 1.78 bits per heavy atom. The highest BCUT2D eigenvalue weighted by molar-refractivity contribution is 5.47. The van der Waals surface area contributed by atoms with Crippen LogP contribution in [0.4, 0.5) is 13.2 Å². The van der Waals surface area contributed by atoms with Crippen molar-refractivity contribution in [1.29, 1.82) is 0 Å². The van der Waals surface area contributed by atoms with Crippen molar-refractivity contribution in [1.82, 2.24) is 0 Å². The lowest BCUT2D eigenvalue weighted by Gasteiger charge is -2.19. The van der Waals surface area contributed by atoms with Crippen LogP contribution >= 0.6 is 0 Å². The van der Waals surface area contributed by atoms with Crippen molar-refractivity contribution in [2.75, 3.05) is 0 Å². The summed E-state index contributed by atoms with van der Waals surface area (Å²) in [6, 6.07) is 13.3. The van der Waals surface area contributed by atoms with E-state index in [0.717, 1.165) is 11.6 Å². The van der Waals surface area contributed by atoms with Gasteiger partial charge in [-0.15, -0.1) is 5.92 Å². The molecule has 23 heavy (non-hydrogen) atoms. The highest BCUT2D eigenvalue weighted by Crippen LogP contribution is 2.35. The summed E-state index contributed by atoms with van der Waals surface area (Å²) in [5.41, 5.74) is 0.119. The van der Waals surface area contributed by atoms with Gasteiger partial charge in [-0.2, -0.15) is 13.2 Å². The summed E-state index contributed by atoms with van der Waals surface area (Å²) in [5, 5.41) is 0. The Morgan fingerprint density at radius 3 is 2.35 bits per heavy atom. The van der Waals surface area contributed by atoms with E-state index in [1.54, 1.807) is 0 Å². The molecule has 0 aromatic heterocycles. The van der Waals surface area contributed by atoms with Crippen molar-refractivity contribution >= 4 is 0 Å². The summed E-state index contributed by atoms with van der Waals surface area (Å²) in [4.78, 5) is 0. The van der Waals surface area contributed by atoms with Crippen LogP contribution in [0, 0.1) is 11.8 Å². The molecule has 1 unspecified atom stereocenters. The molecular weight excluding hydrogens is 301 g/mol. The van der Waals surface area contributed by atoms with E-state index in [9.17, 15) is 13.2 Å². The minimum atomic E-state index is -4.47. The standard InChI is InChI=1S/C19H17F3O/c1-3-8-14-11-12-16(13-17(14)19(20,21)22)23-18(4-2)15-9-6-5-7-10-15/h5-7,9-13,18H,4H2,1-2H3. The maximum Gasteiger partial charge on any atom is 0.417 e. The minimum Gasteiger partial charge on any atom is -0.486 e. The van der Waals surface area contributed by atoms with E-state index in [4.69, 9.17) is 4.74 Å². The lowest BCUT2D eigenvalue weighted by Crippen LogP contribution is -2.10. The van der Waals surface area contributed by atoms with Crippen LogP contribution in [-0.2, 0) is 6.18 Å². The number of benzene rings is 2. The molecule has 2 aromatic rings. The Labute approximate surface area is 134 Å². The van der Waals surface area contributed by atoms with E-state index in [2.05, 4.69) is 11.8 Å². The van der Waals surface area contributed by atoms with Gasteiger partial charge < -0.3 is 4.74 Å². The van der Waals surface area contributed by atoms with Gasteiger partial charge in [-0.3, -0.25) is 0 Å². The molecule has 1 nitrogen and oxygen atoms in total. The van der Waals surface area contributed by atoms with Crippen LogP contribution in [0.2, 0.25) is 0 Å². The first-order chi connectivity index (χ1) is 11.0. The first-order valence-electron chi connectivity index (χ1n) is 7.31. The van der Waals surface area contributed by atoms with Crippen LogP contribution in [0.5, 0.6) is 5.75 Å². The van der Waals surface area contributed by atoms with Crippen LogP contribution in [0.15, 0.2) is 48.5 Å². The molecule has 0 aliphatic heterocycles. The Bertz CT molecular complexity index is 709. The van der Waals surface area contributed by atoms with Gasteiger partial charge in [0.25, 0.3) is 0 Å². The maximum atomic E-state index is 13.2. The Kier molecular flexibility index (Phi) is 5.33. The van der Waals surface area contributed by atoms with E-state index < -0.39 is 11.7 Å². The molecule has 0 saturated carbocycles. The molecular formula is C19H17F3O. The summed E-state index contributed by atoms with van der Waals surface area (Å²) >= 11 is 0. The maximum absolute atomic E-state index is 13.2. The molecule has 0 amide bonds. The third kappa shape index (κ3) is 4.29. The predicted molar refractivity (Wildman–Crippen MR) is 84.1 cm³/mol. The number of hydrogen-bond acceptors (Lipinski definition) is 1. The summed E-state index contributed by atoms with van der Waals surface area (Å²) < 4.78 is 45.3. The lowest BCUT2D eigenvalue weighted by atomic mass is 10.1. The Balaban J connectivity index is 2.34. The molecule has 0 saturated heterocycles. The molecule has 4 heteroatoms. The highest BCUT2D eigenvalue weighted by Gasteiger charge is 2.33. The molecule has 2 aromatic carbocycles. The third-order valence-corrected chi connectivity index (χ3v) is 3.38. The second kappa shape index (κ2) is 7.23. The third-order valence-electron chi connectivity index (χ3n) is 3.38. The zero-order valence-electron chi connectivity index (χ0n) is 12.9. The van der Waals surface area contributed by atoms with Crippen molar-refractivity contribution in [3.8, 4) is 17.6 Å². The highest BCUT2D eigenvalue weighted by atomic mass is 19.4. The van der Waals surface area contributed by atoms with Gasteiger partial charge in [0, 0.05) is 5.56 Å². The van der Waals surface area contributed by atoms with E-state index in [1.165, 1.54) is 19.1 Å². The molecule has 0 radical (unpaired) electrons. The number of hydrogen-bond donors (Lipinski definition) is 0. The van der Waals surface area contributed by atoms with Gasteiger partial charge in [-0.1, -0.05) is 43.2 Å². The van der Waals surface area contributed by atoms with Gasteiger partial charge in [-0.05, 0) is 37.1 Å². The number of alkyl halides is 3. The molecule has 0 N–H and O–H groups in total. The molecule has 0 aliphatic rings. The molecule has 0 heterocycles. The Morgan fingerprint density at radius 1 is 1.09 bits per heavy atom. The van der Waals surface area contributed by atoms with Gasteiger partial charge in [0.15, 0.2) is 0 Å². The first kappa shape index (κ1) is 17.0. The monoisotopic (exact) mass is 318 g/mol. The van der Waals surface area contributed by atoms with Crippen LogP contribution in [0.25, 0.3) is 0 Å². The fourth-order valence-corrected chi connectivity index (χ4v) is 2.29. The average Bonchev–Trinajstić information content (AvgIpc) is 2.54. The van der Waals surface area contributed by atoms with Crippen LogP contribution in [0.1, 0.15) is 43.1 Å². The molecule has 0 aliphatic carbocycles. The van der Waals surface area contributed by atoms with Crippen molar-refractivity contribution < 1.29 is 17.9 Å². The zero-order valence-corrected chi connectivity index (χ0v) is 12.9. The first-order valence-corrected chi connectivity index (χ1v) is 7.31. The van der Waals surface area contributed by atoms with E-state index in [0.29, 0.717) is 6.42 Å². The number of ether oxygens (including phenoxy) is 1. The molecule has 0 bridgehead atoms. The number of halogens is 3. The zero-order chi connectivity index (χ0) is 16.9. The summed E-state index contributed by atoms with van der Waals surface area (Å²) in [6.07, 6.45) is -4.10. The smallest absolute Gasteiger partial charge is 0.417 e. The second-order valence-electron chi connectivity index (χ2n) is 5.01. The van der Waals surface area contributed by atoms with Gasteiger partial charge in [0.1, 0.15) is 11.9 Å². The van der Waals surface area contributed by atoms with Crippen molar-refractivity contribution in [2.24, 2.45) is 0 Å². The van der Waals surface area contributed by atoms with Gasteiger partial charge >= 0.3 is 6.18 Å². The number of rotatable bonds is 4. The van der Waals surface area contributed by atoms with Crippen LogP contribution < -0.4 is 4.74 Å². The van der Waals surface area contributed by atoms with E-state index in [1.807, 2.05) is 37.3 Å². The van der Waals surface area contributed by atoms with Crippen molar-refractivity contribution in [2.45, 2.75) is 32.5 Å². The molecule has 0 fully saturated rings. The van der Waals surface area contributed by atoms with Gasteiger partial charge in [-0.25, -0.2) is 0 Å². The van der Waals surface area contributed by atoms with E-state index >= 15 is 0 Å². The molecule has 0 spiro atoms. The average molecular weight is 318 g/mol. The molecule has 2 rings (SSSR count). The largest absolute Gasteiger partial charge is 0.486 e. The fraction of sp³-hybridized carbons (Fsp3) is 0.263. The van der Waals surface area contributed by atoms with Crippen LogP contribution in [0.3, 0.4) is 0 Å². The van der Waals surface area contributed by atoms with Crippen molar-refractivity contribution in [3.05, 3.63) is 65.2 Å². The van der Waals surface area contributed by atoms with Gasteiger partial charge in [0.2, 0.25) is 0 Å². The fourth-order valence-electron chi connectivity index (χ4n) is 2.29. The normalized spacial score (nSPS) is 12.2. The summed E-state index contributed by atoms with van der Waals surface area (Å²) in [6.45, 7) is 3.44. The van der Waals surface area contributed by atoms with Crippen LogP contribution in [-0.4, -0.2) is 0 Å². The summed E-state index contributed by atoms with van der Waals surface area (Å²) in [7, 11) is 0. The van der Waals surface area contributed by atoms with E-state index in [-0.39, 0.29) is 17.4 Å². The second-order valence-corrected chi connectivity index (χ2v) is 5.01. The molecule has 1 atom stereocenters. The quantitative estimate of drug-likeness (QED) is 0.666.